The Morgan fingerprint density at radius 1 is 1.35 bits per heavy atom. The number of rotatable bonds is 2. The van der Waals surface area contributed by atoms with Crippen LogP contribution in [0.25, 0.3) is 0 Å². The van der Waals surface area contributed by atoms with E-state index in [9.17, 15) is 4.79 Å². The highest BCUT2D eigenvalue weighted by Crippen LogP contribution is 2.37. The van der Waals surface area contributed by atoms with E-state index in [4.69, 9.17) is 0 Å². The zero-order valence-electron chi connectivity index (χ0n) is 10.4. The van der Waals surface area contributed by atoms with Gasteiger partial charge in [0, 0.05) is 4.47 Å². The molecular formula is C14H18BrNO. The van der Waals surface area contributed by atoms with Crippen LogP contribution < -0.4 is 0 Å². The lowest BCUT2D eigenvalue weighted by atomic mass is 9.70. The van der Waals surface area contributed by atoms with Crippen molar-refractivity contribution in [2.45, 2.75) is 25.2 Å². The Labute approximate surface area is 111 Å². The van der Waals surface area contributed by atoms with E-state index < -0.39 is 0 Å². The summed E-state index contributed by atoms with van der Waals surface area (Å²) >= 11 is 3.49. The van der Waals surface area contributed by atoms with Crippen LogP contribution in [0.15, 0.2) is 28.7 Å². The summed E-state index contributed by atoms with van der Waals surface area (Å²) in [6.45, 7) is 3.71. The Bertz CT molecular complexity index is 422. The van der Waals surface area contributed by atoms with E-state index in [1.165, 1.54) is 0 Å². The molecule has 0 bridgehead atoms. The molecule has 0 unspecified atom stereocenters. The van der Waals surface area contributed by atoms with Crippen molar-refractivity contribution in [3.63, 3.8) is 0 Å². The normalized spacial score (nSPS) is 20.2. The number of hydrogen-bond acceptors (Lipinski definition) is 2. The zero-order chi connectivity index (χ0) is 12.5. The number of likely N-dealkylation sites (tertiary alicyclic amines) is 1. The number of hydrogen-bond donors (Lipinski definition) is 0. The standard InChI is InChI=1S/C14H18BrNO/c1-11(17)14(6-8-16(2)9-7-14)12-4-3-5-13(15)10-12/h3-5,10H,6-9H2,1-2H3. The molecule has 0 aliphatic carbocycles. The van der Waals surface area contributed by atoms with Crippen LogP contribution in [0.1, 0.15) is 25.3 Å². The molecule has 0 atom stereocenters. The van der Waals surface area contributed by atoms with Crippen LogP contribution >= 0.6 is 15.9 Å². The molecule has 0 saturated carbocycles. The second-order valence-corrected chi connectivity index (χ2v) is 5.87. The Hall–Kier alpha value is -0.670. The summed E-state index contributed by atoms with van der Waals surface area (Å²) in [5.74, 6) is 0.295. The summed E-state index contributed by atoms with van der Waals surface area (Å²) < 4.78 is 1.05. The van der Waals surface area contributed by atoms with Crippen molar-refractivity contribution in [1.29, 1.82) is 0 Å². The third-order valence-electron chi connectivity index (χ3n) is 3.89. The number of Topliss-reactive ketones (excluding diaryl/α,β-unsaturated/α-hetero) is 1. The molecule has 1 saturated heterocycles. The largest absolute Gasteiger partial charge is 0.306 e. The molecule has 1 aromatic carbocycles. The van der Waals surface area contributed by atoms with Crippen molar-refractivity contribution in [3.05, 3.63) is 34.3 Å². The number of nitrogens with zero attached hydrogens (tertiary/aromatic N) is 1. The predicted octanol–water partition coefficient (Wildman–Crippen LogP) is 3.00. The highest BCUT2D eigenvalue weighted by atomic mass is 79.9. The lowest BCUT2D eigenvalue weighted by Crippen LogP contribution is -2.45. The van der Waals surface area contributed by atoms with E-state index in [0.717, 1.165) is 36.0 Å². The molecule has 1 aromatic rings. The summed E-state index contributed by atoms with van der Waals surface area (Å²) in [5.41, 5.74) is 0.892. The minimum absolute atomic E-state index is 0.268. The van der Waals surface area contributed by atoms with Crippen molar-refractivity contribution in [1.82, 2.24) is 4.90 Å². The van der Waals surface area contributed by atoms with Crippen molar-refractivity contribution < 1.29 is 4.79 Å². The van der Waals surface area contributed by atoms with Crippen LogP contribution in [0.2, 0.25) is 0 Å². The zero-order valence-corrected chi connectivity index (χ0v) is 12.0. The number of carbonyl (C=O) groups excluding carboxylic acids is 1. The average Bonchev–Trinajstić information content (AvgIpc) is 2.30. The van der Waals surface area contributed by atoms with Crippen molar-refractivity contribution in [3.8, 4) is 0 Å². The maximum Gasteiger partial charge on any atom is 0.140 e. The van der Waals surface area contributed by atoms with Gasteiger partial charge in [-0.05, 0) is 57.6 Å². The molecule has 3 heteroatoms. The first-order chi connectivity index (χ1) is 8.04. The van der Waals surface area contributed by atoms with Gasteiger partial charge in [-0.2, -0.15) is 0 Å². The fraction of sp³-hybridized carbons (Fsp3) is 0.500. The molecule has 17 heavy (non-hydrogen) atoms. The van der Waals surface area contributed by atoms with E-state index in [1.807, 2.05) is 12.1 Å². The van der Waals surface area contributed by atoms with Crippen LogP contribution in [0.4, 0.5) is 0 Å². The number of ketones is 1. The Kier molecular flexibility index (Phi) is 3.69. The quantitative estimate of drug-likeness (QED) is 0.836. The predicted molar refractivity (Wildman–Crippen MR) is 73.2 cm³/mol. The molecule has 1 heterocycles. The molecule has 1 aliphatic rings. The summed E-state index contributed by atoms with van der Waals surface area (Å²) in [5, 5.41) is 0. The highest BCUT2D eigenvalue weighted by Gasteiger charge is 2.39. The third kappa shape index (κ3) is 2.45. The minimum atomic E-state index is -0.268. The summed E-state index contributed by atoms with van der Waals surface area (Å²) in [4.78, 5) is 14.4. The summed E-state index contributed by atoms with van der Waals surface area (Å²) in [6.07, 6.45) is 1.85. The van der Waals surface area contributed by atoms with Gasteiger partial charge in [-0.25, -0.2) is 0 Å². The maximum absolute atomic E-state index is 12.1. The second kappa shape index (κ2) is 4.91. The van der Waals surface area contributed by atoms with Crippen LogP contribution in [0, 0.1) is 0 Å². The van der Waals surface area contributed by atoms with Gasteiger partial charge in [-0.3, -0.25) is 4.79 Å². The number of piperidine rings is 1. The van der Waals surface area contributed by atoms with E-state index in [2.05, 4.69) is 40.0 Å². The molecule has 0 N–H and O–H groups in total. The van der Waals surface area contributed by atoms with Gasteiger partial charge < -0.3 is 4.90 Å². The van der Waals surface area contributed by atoms with Crippen LogP contribution in [0.3, 0.4) is 0 Å². The first-order valence-corrected chi connectivity index (χ1v) is 6.79. The molecule has 0 amide bonds. The topological polar surface area (TPSA) is 20.3 Å². The number of carbonyl (C=O) groups is 1. The van der Waals surface area contributed by atoms with Gasteiger partial charge in [-0.15, -0.1) is 0 Å². The van der Waals surface area contributed by atoms with Crippen LogP contribution in [0.5, 0.6) is 0 Å². The van der Waals surface area contributed by atoms with Crippen LogP contribution in [-0.4, -0.2) is 30.8 Å². The van der Waals surface area contributed by atoms with Crippen molar-refractivity contribution >= 4 is 21.7 Å². The van der Waals surface area contributed by atoms with Gasteiger partial charge in [0.2, 0.25) is 0 Å². The molecule has 0 spiro atoms. The Morgan fingerprint density at radius 2 is 2.00 bits per heavy atom. The van der Waals surface area contributed by atoms with Gasteiger partial charge in [0.15, 0.2) is 0 Å². The lowest BCUT2D eigenvalue weighted by molar-refractivity contribution is -0.124. The van der Waals surface area contributed by atoms with E-state index in [-0.39, 0.29) is 5.41 Å². The maximum atomic E-state index is 12.1. The lowest BCUT2D eigenvalue weighted by Gasteiger charge is -2.39. The van der Waals surface area contributed by atoms with Gasteiger partial charge in [0.25, 0.3) is 0 Å². The molecule has 1 fully saturated rings. The van der Waals surface area contributed by atoms with Crippen molar-refractivity contribution in [2.75, 3.05) is 20.1 Å². The van der Waals surface area contributed by atoms with E-state index >= 15 is 0 Å². The van der Waals surface area contributed by atoms with Gasteiger partial charge in [-0.1, -0.05) is 28.1 Å². The number of halogens is 1. The number of benzene rings is 1. The first kappa shape index (κ1) is 12.8. The molecule has 0 radical (unpaired) electrons. The van der Waals surface area contributed by atoms with Gasteiger partial charge in [0.05, 0.1) is 5.41 Å². The molecule has 2 rings (SSSR count). The molecule has 1 aliphatic heterocycles. The van der Waals surface area contributed by atoms with Gasteiger partial charge >= 0.3 is 0 Å². The molecule has 92 valence electrons. The van der Waals surface area contributed by atoms with Crippen LogP contribution in [-0.2, 0) is 10.2 Å². The van der Waals surface area contributed by atoms with Crippen molar-refractivity contribution in [2.24, 2.45) is 0 Å². The molecule has 2 nitrogen and oxygen atoms in total. The fourth-order valence-corrected chi connectivity index (χ4v) is 3.03. The summed E-state index contributed by atoms with van der Waals surface area (Å²) in [7, 11) is 2.12. The molecule has 0 aromatic heterocycles. The molecular weight excluding hydrogens is 278 g/mol. The Morgan fingerprint density at radius 3 is 2.53 bits per heavy atom. The smallest absolute Gasteiger partial charge is 0.140 e. The highest BCUT2D eigenvalue weighted by molar-refractivity contribution is 9.10. The van der Waals surface area contributed by atoms with E-state index in [1.54, 1.807) is 6.92 Å². The second-order valence-electron chi connectivity index (χ2n) is 4.95. The summed E-state index contributed by atoms with van der Waals surface area (Å²) in [6, 6.07) is 8.19. The van der Waals surface area contributed by atoms with Gasteiger partial charge in [0.1, 0.15) is 5.78 Å². The minimum Gasteiger partial charge on any atom is -0.306 e. The average molecular weight is 296 g/mol. The fourth-order valence-electron chi connectivity index (χ4n) is 2.63. The van der Waals surface area contributed by atoms with E-state index in [0.29, 0.717) is 5.78 Å². The Balaban J connectivity index is 2.38. The monoisotopic (exact) mass is 295 g/mol. The first-order valence-electron chi connectivity index (χ1n) is 6.00. The SMILES string of the molecule is CC(=O)C1(c2cccc(Br)c2)CCN(C)CC1. The third-order valence-corrected chi connectivity index (χ3v) is 4.38.